The lowest BCUT2D eigenvalue weighted by atomic mass is 10.2. The molecular weight excluding hydrogens is 380 g/mol. The number of benzene rings is 1. The second-order valence-corrected chi connectivity index (χ2v) is 8.21. The number of rotatable bonds is 5. The maximum absolute atomic E-state index is 13.1. The second-order valence-electron chi connectivity index (χ2n) is 7.34. The summed E-state index contributed by atoms with van der Waals surface area (Å²) in [6.07, 6.45) is 6.16. The Balaban J connectivity index is 1.36. The Morgan fingerprint density at radius 3 is 2.59 bits per heavy atom. The van der Waals surface area contributed by atoms with Crippen molar-refractivity contribution in [3.05, 3.63) is 76.6 Å². The molecule has 0 aliphatic carbocycles. The lowest BCUT2D eigenvalue weighted by Gasteiger charge is -2.34. The predicted octanol–water partition coefficient (Wildman–Crippen LogP) is 4.02. The summed E-state index contributed by atoms with van der Waals surface area (Å²) in [6, 6.07) is 12.3. The molecule has 29 heavy (non-hydrogen) atoms. The van der Waals surface area contributed by atoms with Gasteiger partial charge in [-0.3, -0.25) is 14.3 Å². The van der Waals surface area contributed by atoms with E-state index in [4.69, 9.17) is 0 Å². The van der Waals surface area contributed by atoms with E-state index in [-0.39, 0.29) is 5.91 Å². The molecule has 6 heteroatoms. The maximum Gasteiger partial charge on any atom is 0.255 e. The zero-order chi connectivity index (χ0) is 20.2. The highest BCUT2D eigenvalue weighted by atomic mass is 32.1. The highest BCUT2D eigenvalue weighted by molar-refractivity contribution is 7.12. The molecular formula is C23H26N4OS. The van der Waals surface area contributed by atoms with Crippen molar-refractivity contribution < 1.29 is 4.79 Å². The fourth-order valence-electron chi connectivity index (χ4n) is 3.81. The van der Waals surface area contributed by atoms with Crippen LogP contribution in [0.5, 0.6) is 0 Å². The highest BCUT2D eigenvalue weighted by Crippen LogP contribution is 2.23. The van der Waals surface area contributed by atoms with Gasteiger partial charge in [0.15, 0.2) is 5.13 Å². The average molecular weight is 407 g/mol. The molecule has 0 spiro atoms. The van der Waals surface area contributed by atoms with Crippen molar-refractivity contribution in [3.63, 3.8) is 0 Å². The number of aryl methyl sites for hydroxylation is 1. The van der Waals surface area contributed by atoms with E-state index in [1.54, 1.807) is 17.5 Å². The van der Waals surface area contributed by atoms with Crippen LogP contribution in [0.1, 0.15) is 27.3 Å². The fraction of sp³-hybridized carbons (Fsp3) is 0.304. The Hall–Kier alpha value is -2.70. The van der Waals surface area contributed by atoms with Crippen molar-refractivity contribution in [3.8, 4) is 5.13 Å². The number of hydrogen-bond donors (Lipinski definition) is 0. The lowest BCUT2D eigenvalue weighted by Crippen LogP contribution is -2.48. The average Bonchev–Trinajstić information content (AvgIpc) is 3.36. The molecule has 0 N–H and O–H groups in total. The molecule has 1 amide bonds. The van der Waals surface area contributed by atoms with Gasteiger partial charge in [0.2, 0.25) is 0 Å². The molecule has 0 bridgehead atoms. The highest BCUT2D eigenvalue weighted by Gasteiger charge is 2.25. The SMILES string of the molecule is Cc1cc(C(=O)N2CCN(C/C=C/c3ccccc3)CC2)c(C)n1-c1nccs1. The summed E-state index contributed by atoms with van der Waals surface area (Å²) >= 11 is 1.59. The maximum atomic E-state index is 13.1. The number of carbonyl (C=O) groups is 1. The summed E-state index contributed by atoms with van der Waals surface area (Å²) in [5.74, 6) is 0.125. The van der Waals surface area contributed by atoms with Gasteiger partial charge < -0.3 is 4.90 Å². The number of nitrogens with zero attached hydrogens (tertiary/aromatic N) is 4. The number of piperazine rings is 1. The van der Waals surface area contributed by atoms with Gasteiger partial charge in [-0.1, -0.05) is 42.5 Å². The first-order chi connectivity index (χ1) is 14.1. The Bertz CT molecular complexity index is 984. The Morgan fingerprint density at radius 1 is 1.14 bits per heavy atom. The van der Waals surface area contributed by atoms with E-state index in [1.807, 2.05) is 36.3 Å². The molecule has 1 aliphatic heterocycles. The molecule has 0 atom stereocenters. The summed E-state index contributed by atoms with van der Waals surface area (Å²) in [6.45, 7) is 8.27. The minimum atomic E-state index is 0.125. The molecule has 2 aromatic heterocycles. The molecule has 1 aromatic carbocycles. The van der Waals surface area contributed by atoms with Crippen molar-refractivity contribution in [2.24, 2.45) is 0 Å². The molecule has 1 aliphatic rings. The first kappa shape index (κ1) is 19.6. The third-order valence-corrected chi connectivity index (χ3v) is 6.16. The molecule has 4 rings (SSSR count). The van der Waals surface area contributed by atoms with Crippen LogP contribution in [0.2, 0.25) is 0 Å². The molecule has 3 aromatic rings. The lowest BCUT2D eigenvalue weighted by molar-refractivity contribution is 0.0649. The van der Waals surface area contributed by atoms with Crippen LogP contribution in [-0.4, -0.2) is 58.0 Å². The van der Waals surface area contributed by atoms with E-state index in [2.05, 4.69) is 50.9 Å². The Labute approximate surface area is 175 Å². The molecule has 3 heterocycles. The molecule has 5 nitrogen and oxygen atoms in total. The van der Waals surface area contributed by atoms with Crippen molar-refractivity contribution in [2.45, 2.75) is 13.8 Å². The summed E-state index contributed by atoms with van der Waals surface area (Å²) < 4.78 is 2.07. The van der Waals surface area contributed by atoms with E-state index in [0.717, 1.165) is 54.8 Å². The van der Waals surface area contributed by atoms with Crippen molar-refractivity contribution in [2.75, 3.05) is 32.7 Å². The van der Waals surface area contributed by atoms with Gasteiger partial charge in [0, 0.05) is 55.7 Å². The second kappa shape index (κ2) is 8.76. The van der Waals surface area contributed by atoms with Crippen LogP contribution >= 0.6 is 11.3 Å². The quantitative estimate of drug-likeness (QED) is 0.643. The van der Waals surface area contributed by atoms with E-state index in [0.29, 0.717) is 0 Å². The van der Waals surface area contributed by atoms with Gasteiger partial charge in [-0.15, -0.1) is 11.3 Å². The first-order valence-electron chi connectivity index (χ1n) is 9.95. The number of amides is 1. The minimum Gasteiger partial charge on any atom is -0.336 e. The van der Waals surface area contributed by atoms with Crippen molar-refractivity contribution in [1.82, 2.24) is 19.4 Å². The minimum absolute atomic E-state index is 0.125. The van der Waals surface area contributed by atoms with Crippen LogP contribution in [0, 0.1) is 13.8 Å². The molecule has 1 saturated heterocycles. The summed E-state index contributed by atoms with van der Waals surface area (Å²) in [4.78, 5) is 21.9. The standard InChI is InChI=1S/C23H26N4OS/c1-18-17-21(19(2)27(18)23-24-10-16-29-23)22(28)26-14-12-25(13-15-26)11-6-9-20-7-4-3-5-8-20/h3-10,16-17H,11-15H2,1-2H3/b9-6+. The van der Waals surface area contributed by atoms with Crippen molar-refractivity contribution in [1.29, 1.82) is 0 Å². The molecule has 150 valence electrons. The molecule has 0 radical (unpaired) electrons. The van der Waals surface area contributed by atoms with Gasteiger partial charge >= 0.3 is 0 Å². The molecule has 0 saturated carbocycles. The van der Waals surface area contributed by atoms with Crippen LogP contribution in [0.4, 0.5) is 0 Å². The smallest absolute Gasteiger partial charge is 0.255 e. The van der Waals surface area contributed by atoms with Gasteiger partial charge in [-0.05, 0) is 25.5 Å². The summed E-state index contributed by atoms with van der Waals surface area (Å²) in [5, 5.41) is 2.87. The van der Waals surface area contributed by atoms with E-state index in [9.17, 15) is 4.79 Å². The van der Waals surface area contributed by atoms with Crippen molar-refractivity contribution >= 4 is 23.3 Å². The Morgan fingerprint density at radius 2 is 1.90 bits per heavy atom. The third-order valence-electron chi connectivity index (χ3n) is 5.41. The molecule has 0 unspecified atom stereocenters. The van der Waals surface area contributed by atoms with Gasteiger partial charge in [-0.25, -0.2) is 4.98 Å². The topological polar surface area (TPSA) is 41.4 Å². The predicted molar refractivity (Wildman–Crippen MR) is 119 cm³/mol. The van der Waals surface area contributed by atoms with Crippen LogP contribution in [0.3, 0.4) is 0 Å². The van der Waals surface area contributed by atoms with Crippen LogP contribution in [0.25, 0.3) is 11.2 Å². The summed E-state index contributed by atoms with van der Waals surface area (Å²) in [5.41, 5.74) is 4.02. The van der Waals surface area contributed by atoms with Crippen LogP contribution < -0.4 is 0 Å². The summed E-state index contributed by atoms with van der Waals surface area (Å²) in [7, 11) is 0. The first-order valence-corrected chi connectivity index (χ1v) is 10.8. The number of carbonyl (C=O) groups excluding carboxylic acids is 1. The third kappa shape index (κ3) is 4.33. The monoisotopic (exact) mass is 406 g/mol. The Kier molecular flexibility index (Phi) is 5.92. The van der Waals surface area contributed by atoms with E-state index in [1.165, 1.54) is 5.56 Å². The number of thiazole rings is 1. The largest absolute Gasteiger partial charge is 0.336 e. The zero-order valence-corrected chi connectivity index (χ0v) is 17.7. The fourth-order valence-corrected chi connectivity index (χ4v) is 4.56. The number of aromatic nitrogens is 2. The van der Waals surface area contributed by atoms with Gasteiger partial charge in [0.05, 0.1) is 5.56 Å². The van der Waals surface area contributed by atoms with Gasteiger partial charge in [0.25, 0.3) is 5.91 Å². The number of hydrogen-bond acceptors (Lipinski definition) is 4. The van der Waals surface area contributed by atoms with E-state index >= 15 is 0 Å². The molecule has 1 fully saturated rings. The van der Waals surface area contributed by atoms with Gasteiger partial charge in [0.1, 0.15) is 0 Å². The van der Waals surface area contributed by atoms with Crippen LogP contribution in [-0.2, 0) is 0 Å². The zero-order valence-electron chi connectivity index (χ0n) is 16.9. The van der Waals surface area contributed by atoms with E-state index < -0.39 is 0 Å². The van der Waals surface area contributed by atoms with Gasteiger partial charge in [-0.2, -0.15) is 0 Å². The van der Waals surface area contributed by atoms with Crippen LogP contribution in [0.15, 0.2) is 54.1 Å². The normalized spacial score (nSPS) is 15.3.